The number of aromatic nitrogens is 2. The molecule has 244 valence electrons. The van der Waals surface area contributed by atoms with E-state index in [0.29, 0.717) is 5.92 Å². The number of benzene rings is 1. The summed E-state index contributed by atoms with van der Waals surface area (Å²) in [5.74, 6) is 1.37. The van der Waals surface area contributed by atoms with Crippen molar-refractivity contribution in [3.05, 3.63) is 87.9 Å². The highest BCUT2D eigenvalue weighted by Crippen LogP contribution is 2.45. The van der Waals surface area contributed by atoms with Gasteiger partial charge in [0, 0.05) is 61.8 Å². The molecule has 8 nitrogen and oxygen atoms in total. The maximum absolute atomic E-state index is 13.1. The van der Waals surface area contributed by atoms with E-state index in [0.717, 1.165) is 107 Å². The molecule has 2 heterocycles. The average Bonchev–Trinajstić information content (AvgIpc) is 3.07. The molecular weight excluding hydrogens is 570 g/mol. The van der Waals surface area contributed by atoms with Gasteiger partial charge in [0.1, 0.15) is 0 Å². The molecule has 2 amide bonds. The van der Waals surface area contributed by atoms with Crippen molar-refractivity contribution < 1.29 is 4.79 Å². The number of nitrogens with one attached hydrogen (secondary N) is 3. The number of rotatable bonds is 10. The predicted molar refractivity (Wildman–Crippen MR) is 189 cm³/mol. The molecule has 0 radical (unpaired) electrons. The molecule has 4 aliphatic rings. The Balaban J connectivity index is 1.09. The lowest BCUT2D eigenvalue weighted by molar-refractivity contribution is 0.154. The maximum Gasteiger partial charge on any atom is 0.323 e. The molecule has 0 spiro atoms. The van der Waals surface area contributed by atoms with Gasteiger partial charge in [0.05, 0.1) is 5.69 Å². The van der Waals surface area contributed by atoms with E-state index in [1.165, 1.54) is 33.4 Å². The fraction of sp³-hybridized carbons (Fsp3) is 0.500. The van der Waals surface area contributed by atoms with Gasteiger partial charge < -0.3 is 25.8 Å². The van der Waals surface area contributed by atoms with Crippen LogP contribution in [0, 0.1) is 5.92 Å². The van der Waals surface area contributed by atoms with Crippen molar-refractivity contribution in [1.29, 1.82) is 0 Å². The average molecular weight is 622 g/mol. The van der Waals surface area contributed by atoms with Crippen LogP contribution in [-0.4, -0.2) is 72.1 Å². The van der Waals surface area contributed by atoms with Crippen LogP contribution in [0.1, 0.15) is 82.0 Å². The standard InChI is InChI=1S/C38H51N7O/c1-5-27-10-8-13-31(26(2)3)35(27)43-38(46)41-30-16-14-28(15-17-30)34-24-29-25-40-37(42-36(29)33-12-7-6-11-32(33)34)39-18-9-19-45-22-20-44(4)21-23-45/h10-12,14-17,25-26,34H,5-9,13,18-24H2,1-4H3,(H,39,40,42)(H2,41,43,46). The fourth-order valence-corrected chi connectivity index (χ4v) is 7.30. The first-order valence-corrected chi connectivity index (χ1v) is 17.4. The van der Waals surface area contributed by atoms with Crippen LogP contribution in [0.3, 0.4) is 0 Å². The molecule has 6 rings (SSSR count). The Hall–Kier alpha value is -3.75. The third-order valence-corrected chi connectivity index (χ3v) is 9.97. The van der Waals surface area contributed by atoms with Gasteiger partial charge >= 0.3 is 6.03 Å². The Morgan fingerprint density at radius 3 is 2.54 bits per heavy atom. The minimum absolute atomic E-state index is 0.185. The Morgan fingerprint density at radius 1 is 1.00 bits per heavy atom. The molecule has 8 heteroatoms. The SMILES string of the molecule is CCC1=CCCC(C(C)C)=C1NC(=O)Nc1ccc(C2Cc3cnc(NCCCN4CCN(C)CC4)nc3C3=CCCC=C32)cc1. The van der Waals surface area contributed by atoms with Crippen LogP contribution >= 0.6 is 0 Å². The topological polar surface area (TPSA) is 85.4 Å². The van der Waals surface area contributed by atoms with Gasteiger partial charge in [-0.25, -0.2) is 14.8 Å². The van der Waals surface area contributed by atoms with E-state index in [2.05, 4.69) is 83.9 Å². The molecule has 46 heavy (non-hydrogen) atoms. The second kappa shape index (κ2) is 14.8. The number of allylic oxidation sites excluding steroid dienone is 7. The van der Waals surface area contributed by atoms with E-state index >= 15 is 0 Å². The Labute approximate surface area is 275 Å². The minimum atomic E-state index is -0.185. The number of amides is 2. The van der Waals surface area contributed by atoms with E-state index in [4.69, 9.17) is 9.97 Å². The molecule has 3 N–H and O–H groups in total. The molecule has 2 aromatic rings. The number of piperazine rings is 1. The molecule has 0 saturated carbocycles. The first-order chi connectivity index (χ1) is 22.4. The summed E-state index contributed by atoms with van der Waals surface area (Å²) in [6.45, 7) is 13.2. The highest BCUT2D eigenvalue weighted by atomic mass is 16.2. The van der Waals surface area contributed by atoms with Crippen molar-refractivity contribution >= 4 is 23.2 Å². The Morgan fingerprint density at radius 2 is 1.78 bits per heavy atom. The van der Waals surface area contributed by atoms with Gasteiger partial charge in [-0.3, -0.25) is 0 Å². The molecular formula is C38H51N7O. The lowest BCUT2D eigenvalue weighted by atomic mass is 9.74. The van der Waals surface area contributed by atoms with Crippen LogP contribution in [0.2, 0.25) is 0 Å². The smallest absolute Gasteiger partial charge is 0.323 e. The van der Waals surface area contributed by atoms with Gasteiger partial charge in [-0.15, -0.1) is 0 Å². The largest absolute Gasteiger partial charge is 0.354 e. The first kappa shape index (κ1) is 32.2. The molecule has 1 aliphatic heterocycles. The zero-order valence-corrected chi connectivity index (χ0v) is 28.2. The highest BCUT2D eigenvalue weighted by Gasteiger charge is 2.31. The zero-order chi connectivity index (χ0) is 32.0. The van der Waals surface area contributed by atoms with E-state index in [9.17, 15) is 4.79 Å². The quantitative estimate of drug-likeness (QED) is 0.245. The monoisotopic (exact) mass is 621 g/mol. The predicted octanol–water partition coefficient (Wildman–Crippen LogP) is 7.13. The molecule has 1 aromatic heterocycles. The van der Waals surface area contributed by atoms with Crippen molar-refractivity contribution in [2.24, 2.45) is 5.92 Å². The summed E-state index contributed by atoms with van der Waals surface area (Å²) in [5, 5.41) is 9.75. The minimum Gasteiger partial charge on any atom is -0.354 e. The summed E-state index contributed by atoms with van der Waals surface area (Å²) >= 11 is 0. The van der Waals surface area contributed by atoms with Gasteiger partial charge in [0.2, 0.25) is 5.95 Å². The van der Waals surface area contributed by atoms with Crippen molar-refractivity contribution in [1.82, 2.24) is 25.1 Å². The molecule has 1 atom stereocenters. The Kier molecular flexibility index (Phi) is 10.3. The van der Waals surface area contributed by atoms with E-state index < -0.39 is 0 Å². The number of fused-ring (bicyclic) bond motifs is 3. The highest BCUT2D eigenvalue weighted by molar-refractivity contribution is 5.91. The Bertz CT molecular complexity index is 1530. The third kappa shape index (κ3) is 7.45. The van der Waals surface area contributed by atoms with Crippen molar-refractivity contribution in [3.8, 4) is 0 Å². The second-order valence-corrected chi connectivity index (χ2v) is 13.5. The third-order valence-electron chi connectivity index (χ3n) is 9.97. The van der Waals surface area contributed by atoms with E-state index in [-0.39, 0.29) is 11.9 Å². The molecule has 1 unspecified atom stereocenters. The zero-order valence-electron chi connectivity index (χ0n) is 28.2. The number of urea groups is 1. The molecule has 1 fully saturated rings. The van der Waals surface area contributed by atoms with E-state index in [1.807, 2.05) is 18.3 Å². The van der Waals surface area contributed by atoms with Crippen LogP contribution in [0.4, 0.5) is 16.4 Å². The van der Waals surface area contributed by atoms with Gasteiger partial charge in [-0.2, -0.15) is 0 Å². The summed E-state index contributed by atoms with van der Waals surface area (Å²) in [6.07, 6.45) is 16.0. The fourth-order valence-electron chi connectivity index (χ4n) is 7.30. The second-order valence-electron chi connectivity index (χ2n) is 13.5. The van der Waals surface area contributed by atoms with Crippen LogP contribution in [0.25, 0.3) is 5.57 Å². The number of likely N-dealkylation sites (N-methyl/N-ethyl adjacent to an activating group) is 1. The van der Waals surface area contributed by atoms with Gasteiger partial charge in [0.25, 0.3) is 0 Å². The summed E-state index contributed by atoms with van der Waals surface area (Å²) < 4.78 is 0. The number of hydrogen-bond donors (Lipinski definition) is 3. The van der Waals surface area contributed by atoms with Crippen LogP contribution < -0.4 is 16.0 Å². The summed E-state index contributed by atoms with van der Waals surface area (Å²) in [7, 11) is 2.20. The van der Waals surface area contributed by atoms with Crippen LogP contribution in [0.15, 0.2) is 71.1 Å². The summed E-state index contributed by atoms with van der Waals surface area (Å²) in [6, 6.07) is 8.18. The molecule has 1 aromatic carbocycles. The number of carbonyl (C=O) groups is 1. The van der Waals surface area contributed by atoms with Gasteiger partial charge in [0.15, 0.2) is 0 Å². The normalized spacial score (nSPS) is 20.4. The van der Waals surface area contributed by atoms with E-state index in [1.54, 1.807) is 0 Å². The van der Waals surface area contributed by atoms with Crippen molar-refractivity contribution in [2.75, 3.05) is 56.9 Å². The number of hydrogen-bond acceptors (Lipinski definition) is 6. The first-order valence-electron chi connectivity index (χ1n) is 17.4. The molecule has 0 bridgehead atoms. The maximum atomic E-state index is 13.1. The number of nitrogens with zero attached hydrogens (tertiary/aromatic N) is 4. The summed E-state index contributed by atoms with van der Waals surface area (Å²) in [4.78, 5) is 27.8. The van der Waals surface area contributed by atoms with Crippen molar-refractivity contribution in [3.63, 3.8) is 0 Å². The van der Waals surface area contributed by atoms with Gasteiger partial charge in [-0.1, -0.05) is 51.1 Å². The lowest BCUT2D eigenvalue weighted by Crippen LogP contribution is -2.44. The van der Waals surface area contributed by atoms with Crippen LogP contribution in [0.5, 0.6) is 0 Å². The molecule has 1 saturated heterocycles. The van der Waals surface area contributed by atoms with Gasteiger partial charge in [-0.05, 0) is 104 Å². The lowest BCUT2D eigenvalue weighted by Gasteiger charge is -2.32. The van der Waals surface area contributed by atoms with Crippen LogP contribution in [-0.2, 0) is 6.42 Å². The number of anilines is 2. The number of carbonyl (C=O) groups excluding carboxylic acids is 1. The molecule has 3 aliphatic carbocycles. The van der Waals surface area contributed by atoms with Crippen molar-refractivity contribution in [2.45, 2.75) is 71.6 Å². The summed E-state index contributed by atoms with van der Waals surface area (Å²) in [5.41, 5.74) is 10.5.